The van der Waals surface area contributed by atoms with Crippen LogP contribution in [0.25, 0.3) is 5.65 Å². The molecule has 2 aromatic rings. The Morgan fingerprint density at radius 3 is 2.85 bits per heavy atom. The van der Waals surface area contributed by atoms with Crippen LogP contribution < -0.4 is 10.2 Å². The standard InChI is InChI=1S/C18H22N8O/c1-2-3-8-18(23-24-18)9-10-19-17(27)14-6-11-25(12-7-14)16-5-4-15-21-20-13-26(15)22-16/h1,4-5,13-14H,3,6-12H2,(H,19,27). The Morgan fingerprint density at radius 1 is 1.30 bits per heavy atom. The lowest BCUT2D eigenvalue weighted by molar-refractivity contribution is -0.125. The molecule has 9 nitrogen and oxygen atoms in total. The Bertz CT molecular complexity index is 884. The second kappa shape index (κ2) is 7.31. The van der Waals surface area contributed by atoms with Crippen molar-refractivity contribution < 1.29 is 4.79 Å². The van der Waals surface area contributed by atoms with E-state index in [4.69, 9.17) is 6.42 Å². The van der Waals surface area contributed by atoms with Gasteiger partial charge in [-0.3, -0.25) is 4.79 Å². The molecule has 1 N–H and O–H groups in total. The van der Waals surface area contributed by atoms with Crippen molar-refractivity contribution in [1.29, 1.82) is 0 Å². The van der Waals surface area contributed by atoms with E-state index in [0.29, 0.717) is 13.0 Å². The van der Waals surface area contributed by atoms with E-state index >= 15 is 0 Å². The predicted molar refractivity (Wildman–Crippen MR) is 99.0 cm³/mol. The molecule has 2 aliphatic heterocycles. The van der Waals surface area contributed by atoms with Gasteiger partial charge in [0.2, 0.25) is 5.91 Å². The maximum absolute atomic E-state index is 12.4. The smallest absolute Gasteiger partial charge is 0.223 e. The van der Waals surface area contributed by atoms with E-state index in [2.05, 4.69) is 41.7 Å². The third kappa shape index (κ3) is 3.89. The van der Waals surface area contributed by atoms with Crippen LogP contribution in [-0.2, 0) is 4.79 Å². The van der Waals surface area contributed by atoms with Gasteiger partial charge in [-0.15, -0.1) is 27.6 Å². The number of hydrogen-bond acceptors (Lipinski definition) is 7. The summed E-state index contributed by atoms with van der Waals surface area (Å²) in [6.07, 6.45) is 10.7. The van der Waals surface area contributed by atoms with Gasteiger partial charge in [0.15, 0.2) is 11.3 Å². The summed E-state index contributed by atoms with van der Waals surface area (Å²) in [6, 6.07) is 3.85. The van der Waals surface area contributed by atoms with Crippen LogP contribution in [0.3, 0.4) is 0 Å². The highest BCUT2D eigenvalue weighted by Gasteiger charge is 2.38. The molecule has 0 aliphatic carbocycles. The molecule has 0 spiro atoms. The molecule has 0 bridgehead atoms. The molecule has 0 unspecified atom stereocenters. The highest BCUT2D eigenvalue weighted by atomic mass is 16.1. The summed E-state index contributed by atoms with van der Waals surface area (Å²) in [7, 11) is 0. The zero-order chi connectivity index (χ0) is 18.7. The molecule has 2 aromatic heterocycles. The van der Waals surface area contributed by atoms with E-state index in [-0.39, 0.29) is 17.5 Å². The predicted octanol–water partition coefficient (Wildman–Crippen LogP) is 1.42. The van der Waals surface area contributed by atoms with Crippen LogP contribution in [0, 0.1) is 18.3 Å². The molecule has 0 aromatic carbocycles. The SMILES string of the molecule is C#CCCC1(CCNC(=O)C2CCN(c3ccc4nncn4n3)CC2)N=N1. The number of amides is 1. The molecule has 4 heterocycles. The number of terminal acetylenes is 1. The van der Waals surface area contributed by atoms with Gasteiger partial charge < -0.3 is 10.2 Å². The number of nitrogens with one attached hydrogen (secondary N) is 1. The molecular formula is C18H22N8O. The number of carbonyl (C=O) groups excluding carboxylic acids is 1. The molecule has 2 aliphatic rings. The summed E-state index contributed by atoms with van der Waals surface area (Å²) in [5, 5.41) is 23.6. The second-order valence-corrected chi connectivity index (χ2v) is 7.01. The van der Waals surface area contributed by atoms with Gasteiger partial charge >= 0.3 is 0 Å². The van der Waals surface area contributed by atoms with Crippen LogP contribution in [0.2, 0.25) is 0 Å². The van der Waals surface area contributed by atoms with Crippen LogP contribution in [-0.4, -0.2) is 51.0 Å². The van der Waals surface area contributed by atoms with Crippen molar-refractivity contribution in [3.8, 4) is 12.3 Å². The Balaban J connectivity index is 1.23. The first kappa shape index (κ1) is 17.4. The lowest BCUT2D eigenvalue weighted by atomic mass is 9.95. The topological polar surface area (TPSA) is 100 Å². The normalized spacial score (nSPS) is 18.4. The minimum atomic E-state index is -0.338. The maximum Gasteiger partial charge on any atom is 0.223 e. The number of rotatable bonds is 7. The van der Waals surface area contributed by atoms with Gasteiger partial charge in [-0.2, -0.15) is 14.7 Å². The maximum atomic E-state index is 12.4. The van der Waals surface area contributed by atoms with Crippen LogP contribution in [0.1, 0.15) is 32.1 Å². The Kier molecular flexibility index (Phi) is 4.71. The number of anilines is 1. The second-order valence-electron chi connectivity index (χ2n) is 7.01. The number of hydrogen-bond donors (Lipinski definition) is 1. The molecule has 1 fully saturated rings. The van der Waals surface area contributed by atoms with E-state index in [1.807, 2.05) is 12.1 Å². The number of carbonyl (C=O) groups is 1. The quantitative estimate of drug-likeness (QED) is 0.747. The van der Waals surface area contributed by atoms with Crippen molar-refractivity contribution in [2.45, 2.75) is 37.8 Å². The van der Waals surface area contributed by atoms with E-state index < -0.39 is 0 Å². The number of fused-ring (bicyclic) bond motifs is 1. The summed E-state index contributed by atoms with van der Waals surface area (Å²) in [5.41, 5.74) is 0.386. The van der Waals surface area contributed by atoms with Crippen molar-refractivity contribution in [3.63, 3.8) is 0 Å². The zero-order valence-corrected chi connectivity index (χ0v) is 15.1. The molecule has 140 valence electrons. The van der Waals surface area contributed by atoms with Crippen molar-refractivity contribution in [2.24, 2.45) is 16.1 Å². The Labute approximate surface area is 157 Å². The van der Waals surface area contributed by atoms with Gasteiger partial charge in [0.25, 0.3) is 0 Å². The lowest BCUT2D eigenvalue weighted by Crippen LogP contribution is -2.41. The first-order chi connectivity index (χ1) is 13.2. The van der Waals surface area contributed by atoms with Gasteiger partial charge in [0.1, 0.15) is 12.1 Å². The molecule has 0 atom stereocenters. The fourth-order valence-electron chi connectivity index (χ4n) is 3.46. The first-order valence-corrected chi connectivity index (χ1v) is 9.26. The zero-order valence-electron chi connectivity index (χ0n) is 15.1. The average Bonchev–Trinajstić information content (AvgIpc) is 3.31. The number of nitrogens with zero attached hydrogens (tertiary/aromatic N) is 7. The molecular weight excluding hydrogens is 344 g/mol. The average molecular weight is 366 g/mol. The van der Waals surface area contributed by atoms with E-state index in [1.165, 1.54) is 0 Å². The highest BCUT2D eigenvalue weighted by Crippen LogP contribution is 2.36. The van der Waals surface area contributed by atoms with Crippen LogP contribution in [0.15, 0.2) is 28.7 Å². The molecule has 0 radical (unpaired) electrons. The minimum absolute atomic E-state index is 0.0367. The summed E-state index contributed by atoms with van der Waals surface area (Å²) in [6.45, 7) is 2.19. The van der Waals surface area contributed by atoms with Gasteiger partial charge in [-0.25, -0.2) is 0 Å². The Morgan fingerprint density at radius 2 is 2.11 bits per heavy atom. The van der Waals surface area contributed by atoms with E-state index in [9.17, 15) is 4.79 Å². The Hall–Kier alpha value is -3.02. The van der Waals surface area contributed by atoms with Gasteiger partial charge in [0.05, 0.1) is 0 Å². The number of piperidine rings is 1. The number of aromatic nitrogens is 4. The molecule has 9 heteroatoms. The van der Waals surface area contributed by atoms with Crippen molar-refractivity contribution in [3.05, 3.63) is 18.5 Å². The van der Waals surface area contributed by atoms with Crippen LogP contribution >= 0.6 is 0 Å². The van der Waals surface area contributed by atoms with Gasteiger partial charge in [-0.1, -0.05) is 0 Å². The largest absolute Gasteiger partial charge is 0.356 e. The van der Waals surface area contributed by atoms with E-state index in [0.717, 1.165) is 50.2 Å². The molecule has 0 saturated carbocycles. The first-order valence-electron chi connectivity index (χ1n) is 9.26. The van der Waals surface area contributed by atoms with Gasteiger partial charge in [-0.05, 0) is 25.0 Å². The van der Waals surface area contributed by atoms with Gasteiger partial charge in [0, 0.05) is 44.8 Å². The van der Waals surface area contributed by atoms with Crippen molar-refractivity contribution in [1.82, 2.24) is 25.1 Å². The minimum Gasteiger partial charge on any atom is -0.356 e. The summed E-state index contributed by atoms with van der Waals surface area (Å²) < 4.78 is 1.66. The van der Waals surface area contributed by atoms with E-state index in [1.54, 1.807) is 10.8 Å². The molecule has 27 heavy (non-hydrogen) atoms. The highest BCUT2D eigenvalue weighted by molar-refractivity contribution is 5.79. The van der Waals surface area contributed by atoms with Crippen molar-refractivity contribution in [2.75, 3.05) is 24.5 Å². The summed E-state index contributed by atoms with van der Waals surface area (Å²) in [4.78, 5) is 14.6. The fraction of sp³-hybridized carbons (Fsp3) is 0.556. The van der Waals surface area contributed by atoms with Crippen molar-refractivity contribution >= 4 is 17.4 Å². The molecule has 1 saturated heterocycles. The monoisotopic (exact) mass is 366 g/mol. The molecule has 4 rings (SSSR count). The van der Waals surface area contributed by atoms with Crippen LogP contribution in [0.4, 0.5) is 5.82 Å². The lowest BCUT2D eigenvalue weighted by Gasteiger charge is -2.32. The fourth-order valence-corrected chi connectivity index (χ4v) is 3.46. The van der Waals surface area contributed by atoms with Crippen LogP contribution in [0.5, 0.6) is 0 Å². The summed E-state index contributed by atoms with van der Waals surface area (Å²) >= 11 is 0. The third-order valence-corrected chi connectivity index (χ3v) is 5.21. The summed E-state index contributed by atoms with van der Waals surface area (Å²) in [5.74, 6) is 3.65. The molecule has 1 amide bonds. The third-order valence-electron chi connectivity index (χ3n) is 5.21.